The van der Waals surface area contributed by atoms with Crippen LogP contribution in [0.1, 0.15) is 39.2 Å². The van der Waals surface area contributed by atoms with Gasteiger partial charge in [0.25, 0.3) is 0 Å². The van der Waals surface area contributed by atoms with Crippen LogP contribution in [0.5, 0.6) is 5.75 Å². The number of nitrogens with two attached hydrogens (primary N) is 1. The molecule has 2 bridgehead atoms. The number of piperidine rings is 1. The van der Waals surface area contributed by atoms with Gasteiger partial charge in [0.1, 0.15) is 11.8 Å². The number of carbonyl (C=O) groups is 3. The Labute approximate surface area is 186 Å². The number of hydroxylamine groups is 2. The van der Waals surface area contributed by atoms with Crippen LogP contribution in [-0.4, -0.2) is 61.5 Å². The van der Waals surface area contributed by atoms with E-state index in [4.69, 9.17) is 18.9 Å². The van der Waals surface area contributed by atoms with Crippen molar-refractivity contribution in [2.75, 3.05) is 13.2 Å². The van der Waals surface area contributed by atoms with Crippen LogP contribution in [0.4, 0.5) is 4.79 Å². The first-order valence-corrected chi connectivity index (χ1v) is 11.5. The second-order valence-electron chi connectivity index (χ2n) is 8.70. The summed E-state index contributed by atoms with van der Waals surface area (Å²) in [6, 6.07) is 4.90. The highest BCUT2D eigenvalue weighted by molar-refractivity contribution is 7.81. The van der Waals surface area contributed by atoms with Crippen LogP contribution in [0.15, 0.2) is 24.3 Å². The van der Waals surface area contributed by atoms with E-state index in [9.17, 15) is 22.8 Å². The standard InChI is InChI=1S/C20H27N3O8S/c1-13(24)30-17-7-5-4-6-14(17)10-20(2,3)12-29-32(27,28)31-23-15-8-9-16(18(21)25)22(11-15)19(23)26/h4-7,15-16H,8-12H2,1-3H3,(H2,21,25)/t15-,16+/m1/s1. The van der Waals surface area contributed by atoms with Crippen molar-refractivity contribution in [1.29, 1.82) is 0 Å². The van der Waals surface area contributed by atoms with Gasteiger partial charge in [-0.1, -0.05) is 32.0 Å². The topological polar surface area (TPSA) is 146 Å². The molecule has 0 spiro atoms. The van der Waals surface area contributed by atoms with E-state index in [1.165, 1.54) is 11.8 Å². The van der Waals surface area contributed by atoms with E-state index in [2.05, 4.69) is 0 Å². The van der Waals surface area contributed by atoms with E-state index in [1.54, 1.807) is 38.1 Å². The van der Waals surface area contributed by atoms with Crippen LogP contribution < -0.4 is 10.5 Å². The number of para-hydroxylation sites is 1. The maximum absolute atomic E-state index is 12.5. The second kappa shape index (κ2) is 9.04. The van der Waals surface area contributed by atoms with Crippen LogP contribution in [0.3, 0.4) is 0 Å². The average Bonchev–Trinajstić information content (AvgIpc) is 2.92. The normalized spacial score (nSPS) is 21.0. The van der Waals surface area contributed by atoms with Gasteiger partial charge in [0.05, 0.1) is 12.6 Å². The first-order chi connectivity index (χ1) is 14.9. The van der Waals surface area contributed by atoms with E-state index >= 15 is 0 Å². The molecule has 0 unspecified atom stereocenters. The molecule has 1 aromatic rings. The van der Waals surface area contributed by atoms with Crippen molar-refractivity contribution in [1.82, 2.24) is 9.96 Å². The van der Waals surface area contributed by atoms with Crippen LogP contribution in [-0.2, 0) is 34.9 Å². The Bertz CT molecular complexity index is 1010. The van der Waals surface area contributed by atoms with Gasteiger partial charge in [-0.15, -0.1) is 4.28 Å². The quantitative estimate of drug-likeness (QED) is 0.418. The third kappa shape index (κ3) is 5.56. The van der Waals surface area contributed by atoms with Gasteiger partial charge < -0.3 is 15.4 Å². The summed E-state index contributed by atoms with van der Waals surface area (Å²) >= 11 is 0. The molecular weight excluding hydrogens is 442 g/mol. The van der Waals surface area contributed by atoms with Gasteiger partial charge >= 0.3 is 22.4 Å². The molecule has 12 heteroatoms. The van der Waals surface area contributed by atoms with Crippen molar-refractivity contribution in [2.24, 2.45) is 11.1 Å². The molecule has 3 amide bonds. The molecule has 32 heavy (non-hydrogen) atoms. The number of urea groups is 1. The number of hydrogen-bond acceptors (Lipinski definition) is 8. The van der Waals surface area contributed by atoms with Gasteiger partial charge in [-0.2, -0.15) is 13.5 Å². The van der Waals surface area contributed by atoms with Crippen molar-refractivity contribution in [2.45, 2.75) is 52.1 Å². The molecule has 2 fully saturated rings. The molecule has 1 aromatic carbocycles. The van der Waals surface area contributed by atoms with Crippen LogP contribution in [0, 0.1) is 5.41 Å². The molecule has 11 nitrogen and oxygen atoms in total. The lowest BCUT2D eigenvalue weighted by Gasteiger charge is -2.27. The third-order valence-electron chi connectivity index (χ3n) is 5.31. The van der Waals surface area contributed by atoms with Gasteiger partial charge in [-0.25, -0.2) is 8.98 Å². The average molecular weight is 470 g/mol. The Kier molecular flexibility index (Phi) is 6.77. The summed E-state index contributed by atoms with van der Waals surface area (Å²) in [6.45, 7) is 4.77. The van der Waals surface area contributed by atoms with E-state index in [1.807, 2.05) is 0 Å². The zero-order valence-electron chi connectivity index (χ0n) is 18.1. The molecule has 2 saturated heterocycles. The molecule has 0 saturated carbocycles. The van der Waals surface area contributed by atoms with Gasteiger partial charge in [0.2, 0.25) is 5.91 Å². The fourth-order valence-electron chi connectivity index (χ4n) is 3.85. The van der Waals surface area contributed by atoms with Gasteiger partial charge in [0, 0.05) is 13.5 Å². The molecule has 0 radical (unpaired) electrons. The third-order valence-corrected chi connectivity index (χ3v) is 6.06. The zero-order chi connectivity index (χ0) is 23.7. The summed E-state index contributed by atoms with van der Waals surface area (Å²) in [5.41, 5.74) is 5.35. The predicted molar refractivity (Wildman–Crippen MR) is 111 cm³/mol. The summed E-state index contributed by atoms with van der Waals surface area (Å²) in [6.07, 6.45) is 1.07. The van der Waals surface area contributed by atoms with Crippen molar-refractivity contribution in [3.05, 3.63) is 29.8 Å². The maximum atomic E-state index is 12.5. The summed E-state index contributed by atoms with van der Waals surface area (Å²) in [5, 5.41) is 0.737. The van der Waals surface area contributed by atoms with Crippen LogP contribution >= 0.6 is 0 Å². The number of ether oxygens (including phenoxy) is 1. The summed E-state index contributed by atoms with van der Waals surface area (Å²) in [5.74, 6) is -0.717. The smallest absolute Gasteiger partial charge is 0.421 e. The second-order valence-corrected chi connectivity index (χ2v) is 9.90. The Morgan fingerprint density at radius 3 is 2.56 bits per heavy atom. The number of amides is 3. The number of nitrogens with zero attached hydrogens (tertiary/aromatic N) is 2. The molecule has 2 aliphatic heterocycles. The highest BCUT2D eigenvalue weighted by Crippen LogP contribution is 2.32. The first kappa shape index (κ1) is 24.0. The minimum Gasteiger partial charge on any atom is -0.426 e. The van der Waals surface area contributed by atoms with E-state index in [-0.39, 0.29) is 13.2 Å². The maximum Gasteiger partial charge on any atom is 0.421 e. The lowest BCUT2D eigenvalue weighted by Crippen LogP contribution is -2.47. The monoisotopic (exact) mass is 469 g/mol. The van der Waals surface area contributed by atoms with Gasteiger partial charge in [-0.3, -0.25) is 9.59 Å². The summed E-state index contributed by atoms with van der Waals surface area (Å²) < 4.78 is 40.1. The number of hydrogen-bond donors (Lipinski definition) is 1. The Hall–Kier alpha value is -2.70. The Balaban J connectivity index is 1.62. The summed E-state index contributed by atoms with van der Waals surface area (Å²) in [7, 11) is -4.55. The molecule has 2 aliphatic rings. The van der Waals surface area contributed by atoms with Crippen molar-refractivity contribution >= 4 is 28.3 Å². The molecule has 2 N–H and O–H groups in total. The number of esters is 1. The molecular formula is C20H27N3O8S. The molecule has 3 rings (SSSR count). The fraction of sp³-hybridized carbons (Fsp3) is 0.550. The highest BCUT2D eigenvalue weighted by Gasteiger charge is 2.49. The van der Waals surface area contributed by atoms with E-state index in [0.717, 1.165) is 5.06 Å². The van der Waals surface area contributed by atoms with Gasteiger partial charge in [0.15, 0.2) is 0 Å². The molecule has 0 aliphatic carbocycles. The Morgan fingerprint density at radius 1 is 1.22 bits per heavy atom. The number of rotatable bonds is 9. The predicted octanol–water partition coefficient (Wildman–Crippen LogP) is 1.13. The summed E-state index contributed by atoms with van der Waals surface area (Å²) in [4.78, 5) is 36.6. The van der Waals surface area contributed by atoms with Crippen molar-refractivity contribution < 1.29 is 36.0 Å². The van der Waals surface area contributed by atoms with Gasteiger partial charge in [-0.05, 0) is 36.3 Å². The lowest BCUT2D eigenvalue weighted by atomic mass is 9.86. The molecule has 176 valence electrons. The zero-order valence-corrected chi connectivity index (χ0v) is 19.0. The van der Waals surface area contributed by atoms with Crippen molar-refractivity contribution in [3.63, 3.8) is 0 Å². The van der Waals surface area contributed by atoms with Crippen LogP contribution in [0.25, 0.3) is 0 Å². The lowest BCUT2D eigenvalue weighted by molar-refractivity contribution is -0.132. The minimum atomic E-state index is -4.55. The molecule has 2 heterocycles. The molecule has 0 aromatic heterocycles. The number of benzene rings is 1. The number of fused-ring (bicyclic) bond motifs is 2. The van der Waals surface area contributed by atoms with E-state index < -0.39 is 45.8 Å². The largest absolute Gasteiger partial charge is 0.426 e. The Morgan fingerprint density at radius 2 is 1.91 bits per heavy atom. The number of carbonyl (C=O) groups excluding carboxylic acids is 3. The SMILES string of the molecule is CC(=O)Oc1ccccc1CC(C)(C)COS(=O)(=O)ON1C(=O)N2C[C@H]1CC[C@H]2C(N)=O. The first-order valence-electron chi connectivity index (χ1n) is 10.1. The van der Waals surface area contributed by atoms with E-state index in [0.29, 0.717) is 30.6 Å². The minimum absolute atomic E-state index is 0.153. The molecule has 2 atom stereocenters. The van der Waals surface area contributed by atoms with Crippen molar-refractivity contribution in [3.8, 4) is 5.75 Å². The van der Waals surface area contributed by atoms with Crippen LogP contribution in [0.2, 0.25) is 0 Å². The fourth-order valence-corrected chi connectivity index (χ4v) is 4.74. The highest BCUT2D eigenvalue weighted by atomic mass is 32.3. The number of primary amides is 1.